The van der Waals surface area contributed by atoms with Crippen LogP contribution in [0.25, 0.3) is 0 Å². The lowest BCUT2D eigenvalue weighted by Gasteiger charge is -2.03. The van der Waals surface area contributed by atoms with Gasteiger partial charge in [0.25, 0.3) is 0 Å². The lowest BCUT2D eigenvalue weighted by molar-refractivity contribution is -0.140. The molecule has 0 aromatic heterocycles. The second kappa shape index (κ2) is 5.31. The maximum Gasteiger partial charge on any atom is 0.305 e. The van der Waals surface area contributed by atoms with Crippen LogP contribution in [0.1, 0.15) is 30.6 Å². The van der Waals surface area contributed by atoms with Crippen molar-refractivity contribution in [2.45, 2.75) is 32.0 Å². The smallest absolute Gasteiger partial charge is 0.305 e. The fourth-order valence-electron chi connectivity index (χ4n) is 1.95. The molecule has 0 saturated carbocycles. The zero-order valence-electron chi connectivity index (χ0n) is 10.5. The van der Waals surface area contributed by atoms with Gasteiger partial charge in [-0.15, -0.1) is 0 Å². The summed E-state index contributed by atoms with van der Waals surface area (Å²) >= 11 is 0. The molecule has 0 radical (unpaired) electrons. The highest BCUT2D eigenvalue weighted by molar-refractivity contribution is 5.83. The van der Waals surface area contributed by atoms with Gasteiger partial charge in [-0.3, -0.25) is 9.59 Å². The van der Waals surface area contributed by atoms with Gasteiger partial charge in [0, 0.05) is 6.42 Å². The number of Topliss-reactive ketones (excluding diaryl/α,β-unsaturated/α-hetero) is 1. The number of ketones is 1. The van der Waals surface area contributed by atoms with E-state index in [0.717, 1.165) is 11.1 Å². The van der Waals surface area contributed by atoms with Crippen LogP contribution in [0.4, 0.5) is 0 Å². The van der Waals surface area contributed by atoms with Crippen LogP contribution in [0.2, 0.25) is 0 Å². The Hall–Kier alpha value is -1.68. The van der Waals surface area contributed by atoms with Gasteiger partial charge in [0.1, 0.15) is 12.2 Å². The molecule has 1 saturated heterocycles. The van der Waals surface area contributed by atoms with Crippen molar-refractivity contribution in [3.05, 3.63) is 35.4 Å². The molecule has 96 valence electrons. The highest BCUT2D eigenvalue weighted by Gasteiger charge is 2.43. The Balaban J connectivity index is 1.98. The molecular weight excluding hydrogens is 232 g/mol. The van der Waals surface area contributed by atoms with Crippen LogP contribution in [0.3, 0.4) is 0 Å². The van der Waals surface area contributed by atoms with E-state index in [9.17, 15) is 9.59 Å². The first-order valence-electron chi connectivity index (χ1n) is 5.93. The number of benzene rings is 1. The normalized spacial score (nSPS) is 21.4. The van der Waals surface area contributed by atoms with Crippen LogP contribution in [0.15, 0.2) is 24.3 Å². The van der Waals surface area contributed by atoms with Crippen molar-refractivity contribution in [2.24, 2.45) is 0 Å². The van der Waals surface area contributed by atoms with Crippen molar-refractivity contribution in [1.82, 2.24) is 0 Å². The number of hydrogen-bond donors (Lipinski definition) is 0. The number of esters is 1. The zero-order chi connectivity index (χ0) is 13.1. The van der Waals surface area contributed by atoms with Crippen LogP contribution in [0, 0.1) is 0 Å². The SMILES string of the molecule is COC(=O)CCc1cccc([C@H]2OC2C(C)=O)c1. The van der Waals surface area contributed by atoms with E-state index in [0.29, 0.717) is 12.8 Å². The zero-order valence-corrected chi connectivity index (χ0v) is 10.5. The first-order chi connectivity index (χ1) is 8.61. The summed E-state index contributed by atoms with van der Waals surface area (Å²) in [6.45, 7) is 1.53. The molecule has 0 bridgehead atoms. The molecule has 0 N–H and O–H groups in total. The number of rotatable bonds is 5. The lowest BCUT2D eigenvalue weighted by atomic mass is 10.0. The Labute approximate surface area is 106 Å². The predicted molar refractivity (Wildman–Crippen MR) is 65.1 cm³/mol. The summed E-state index contributed by atoms with van der Waals surface area (Å²) in [6, 6.07) is 7.80. The van der Waals surface area contributed by atoms with Gasteiger partial charge in [-0.05, 0) is 24.5 Å². The quantitative estimate of drug-likeness (QED) is 0.589. The van der Waals surface area contributed by atoms with Crippen molar-refractivity contribution < 1.29 is 19.1 Å². The lowest BCUT2D eigenvalue weighted by Crippen LogP contribution is -2.03. The minimum Gasteiger partial charge on any atom is -0.469 e. The minimum atomic E-state index is -0.291. The Morgan fingerprint density at radius 3 is 2.78 bits per heavy atom. The summed E-state index contributed by atoms with van der Waals surface area (Å²) in [6.07, 6.45) is 0.598. The first kappa shape index (κ1) is 12.8. The third kappa shape index (κ3) is 2.96. The molecule has 1 aliphatic heterocycles. The molecule has 2 atom stereocenters. The van der Waals surface area contributed by atoms with E-state index in [2.05, 4.69) is 4.74 Å². The van der Waals surface area contributed by atoms with Gasteiger partial charge in [0.05, 0.1) is 7.11 Å². The van der Waals surface area contributed by atoms with E-state index in [1.807, 2.05) is 24.3 Å². The van der Waals surface area contributed by atoms with Crippen molar-refractivity contribution in [3.8, 4) is 0 Å². The summed E-state index contributed by atoms with van der Waals surface area (Å²) in [5, 5.41) is 0. The van der Waals surface area contributed by atoms with Crippen LogP contribution in [0.5, 0.6) is 0 Å². The number of ether oxygens (including phenoxy) is 2. The van der Waals surface area contributed by atoms with Gasteiger partial charge in [-0.2, -0.15) is 0 Å². The minimum absolute atomic E-state index is 0.0555. The van der Waals surface area contributed by atoms with Crippen LogP contribution in [-0.4, -0.2) is 25.0 Å². The summed E-state index contributed by atoms with van der Waals surface area (Å²) in [7, 11) is 1.38. The topological polar surface area (TPSA) is 55.9 Å². The number of carbonyl (C=O) groups excluding carboxylic acids is 2. The molecule has 2 rings (SSSR count). The molecule has 1 aromatic rings. The third-order valence-corrected chi connectivity index (χ3v) is 3.02. The average Bonchev–Trinajstić information content (AvgIpc) is 3.16. The molecule has 1 unspecified atom stereocenters. The van der Waals surface area contributed by atoms with Gasteiger partial charge >= 0.3 is 5.97 Å². The molecule has 0 spiro atoms. The Bertz CT molecular complexity index is 467. The van der Waals surface area contributed by atoms with Crippen molar-refractivity contribution in [2.75, 3.05) is 7.11 Å². The molecule has 1 fully saturated rings. The van der Waals surface area contributed by atoms with E-state index in [1.54, 1.807) is 0 Å². The number of hydrogen-bond acceptors (Lipinski definition) is 4. The second-order valence-electron chi connectivity index (χ2n) is 4.41. The van der Waals surface area contributed by atoms with Crippen LogP contribution < -0.4 is 0 Å². The van der Waals surface area contributed by atoms with Gasteiger partial charge in [-0.25, -0.2) is 0 Å². The summed E-state index contributed by atoms with van der Waals surface area (Å²) in [4.78, 5) is 22.2. The number of aryl methyl sites for hydroxylation is 1. The first-order valence-corrected chi connectivity index (χ1v) is 5.93. The Kier molecular flexibility index (Phi) is 3.77. The van der Waals surface area contributed by atoms with Crippen LogP contribution in [-0.2, 0) is 25.5 Å². The molecule has 0 amide bonds. The number of methoxy groups -OCH3 is 1. The average molecular weight is 248 g/mol. The summed E-state index contributed by atoms with van der Waals surface area (Å²) < 4.78 is 9.93. The summed E-state index contributed by atoms with van der Waals surface area (Å²) in [5.41, 5.74) is 2.05. The fourth-order valence-corrected chi connectivity index (χ4v) is 1.95. The highest BCUT2D eigenvalue weighted by atomic mass is 16.6. The Morgan fingerprint density at radius 1 is 1.39 bits per heavy atom. The van der Waals surface area contributed by atoms with Gasteiger partial charge < -0.3 is 9.47 Å². The van der Waals surface area contributed by atoms with Crippen molar-refractivity contribution in [1.29, 1.82) is 0 Å². The molecule has 1 aromatic carbocycles. The second-order valence-corrected chi connectivity index (χ2v) is 4.41. The molecular formula is C14H16O4. The van der Waals surface area contributed by atoms with E-state index < -0.39 is 0 Å². The van der Waals surface area contributed by atoms with E-state index in [4.69, 9.17) is 4.74 Å². The highest BCUT2D eigenvalue weighted by Crippen LogP contribution is 2.39. The molecule has 1 aliphatic rings. The van der Waals surface area contributed by atoms with Crippen LogP contribution >= 0.6 is 0 Å². The Morgan fingerprint density at radius 2 is 2.17 bits per heavy atom. The van der Waals surface area contributed by atoms with Crippen molar-refractivity contribution >= 4 is 11.8 Å². The largest absolute Gasteiger partial charge is 0.469 e. The fraction of sp³-hybridized carbons (Fsp3) is 0.429. The van der Waals surface area contributed by atoms with E-state index in [1.165, 1.54) is 14.0 Å². The van der Waals surface area contributed by atoms with Gasteiger partial charge in [-0.1, -0.05) is 24.3 Å². The van der Waals surface area contributed by atoms with Gasteiger partial charge in [0.2, 0.25) is 0 Å². The number of epoxide rings is 1. The molecule has 1 heterocycles. The maximum absolute atomic E-state index is 11.1. The molecule has 4 nitrogen and oxygen atoms in total. The molecule has 0 aliphatic carbocycles. The standard InChI is InChI=1S/C14H16O4/c1-9(15)13-14(18-13)11-5-3-4-10(8-11)6-7-12(16)17-2/h3-5,8,13-14H,6-7H2,1-2H3/t13?,14-/m1/s1. The van der Waals surface area contributed by atoms with E-state index >= 15 is 0 Å². The number of carbonyl (C=O) groups is 2. The monoisotopic (exact) mass is 248 g/mol. The van der Waals surface area contributed by atoms with Gasteiger partial charge in [0.15, 0.2) is 5.78 Å². The summed E-state index contributed by atoms with van der Waals surface area (Å²) in [5.74, 6) is -0.162. The van der Waals surface area contributed by atoms with E-state index in [-0.39, 0.29) is 24.0 Å². The molecule has 18 heavy (non-hydrogen) atoms. The maximum atomic E-state index is 11.1. The van der Waals surface area contributed by atoms with Crippen molar-refractivity contribution in [3.63, 3.8) is 0 Å². The predicted octanol–water partition coefficient (Wildman–Crippen LogP) is 1.82. The third-order valence-electron chi connectivity index (χ3n) is 3.02. The molecule has 4 heteroatoms.